The highest BCUT2D eigenvalue weighted by Gasteiger charge is 2.38. The molecule has 2 aromatic heterocycles. The fraction of sp³-hybridized carbons (Fsp3) is 0.294. The second-order valence-electron chi connectivity index (χ2n) is 5.89. The summed E-state index contributed by atoms with van der Waals surface area (Å²) in [5.41, 5.74) is 1.92. The predicted molar refractivity (Wildman–Crippen MR) is 89.6 cm³/mol. The van der Waals surface area contributed by atoms with E-state index < -0.39 is 12.1 Å². The van der Waals surface area contributed by atoms with Crippen LogP contribution in [0.3, 0.4) is 0 Å². The van der Waals surface area contributed by atoms with E-state index in [1.807, 2.05) is 12.1 Å². The molecule has 0 fully saturated rings. The van der Waals surface area contributed by atoms with Crippen LogP contribution >= 0.6 is 0 Å². The Kier molecular flexibility index (Phi) is 5.24. The van der Waals surface area contributed by atoms with Crippen LogP contribution in [0.5, 0.6) is 0 Å². The van der Waals surface area contributed by atoms with Crippen LogP contribution in [0.4, 0.5) is 19.0 Å². The molecule has 2 N–H and O–H groups in total. The predicted octanol–water partition coefficient (Wildman–Crippen LogP) is 1.72. The summed E-state index contributed by atoms with van der Waals surface area (Å²) in [5, 5.41) is 4.88. The van der Waals surface area contributed by atoms with Gasteiger partial charge >= 0.3 is 12.1 Å². The summed E-state index contributed by atoms with van der Waals surface area (Å²) >= 11 is 0. The molecule has 3 rings (SSSR count). The Bertz CT molecular complexity index is 842. The standard InChI is InChI=1S/C17H16F3N5O2/c18-17(19,20)16(27)22-6-7-25-10-13-12(15(25)26)3-4-14(24-13)23-9-11-2-1-5-21-8-11/h1-5,8H,6-7,9-10H2,(H,22,27)(H,23,24). The van der Waals surface area contributed by atoms with Gasteiger partial charge in [-0.1, -0.05) is 6.07 Å². The first-order valence-corrected chi connectivity index (χ1v) is 8.11. The molecular weight excluding hydrogens is 363 g/mol. The number of halogens is 3. The SMILES string of the molecule is O=C1c2ccc(NCc3cccnc3)nc2CN1CCNC(=O)C(F)(F)F. The van der Waals surface area contributed by atoms with Crippen molar-refractivity contribution in [3.63, 3.8) is 0 Å². The summed E-state index contributed by atoms with van der Waals surface area (Å²) in [5.74, 6) is -1.76. The number of carbonyl (C=O) groups is 2. The van der Waals surface area contributed by atoms with E-state index in [2.05, 4.69) is 15.3 Å². The summed E-state index contributed by atoms with van der Waals surface area (Å²) in [6, 6.07) is 7.03. The molecule has 0 aliphatic carbocycles. The zero-order chi connectivity index (χ0) is 19.4. The first-order chi connectivity index (χ1) is 12.8. The van der Waals surface area contributed by atoms with E-state index in [4.69, 9.17) is 0 Å². The van der Waals surface area contributed by atoms with Crippen LogP contribution in [0.25, 0.3) is 0 Å². The molecule has 0 aromatic carbocycles. The summed E-state index contributed by atoms with van der Waals surface area (Å²) in [7, 11) is 0. The van der Waals surface area contributed by atoms with Crippen LogP contribution in [-0.2, 0) is 17.9 Å². The number of hydrogen-bond acceptors (Lipinski definition) is 5. The average Bonchev–Trinajstić information content (AvgIpc) is 2.95. The summed E-state index contributed by atoms with van der Waals surface area (Å²) in [4.78, 5) is 32.8. The van der Waals surface area contributed by atoms with Crippen LogP contribution in [0, 0.1) is 0 Å². The van der Waals surface area contributed by atoms with Crippen LogP contribution in [0.15, 0.2) is 36.7 Å². The van der Waals surface area contributed by atoms with Crippen molar-refractivity contribution in [1.29, 1.82) is 0 Å². The lowest BCUT2D eigenvalue weighted by molar-refractivity contribution is -0.173. The van der Waals surface area contributed by atoms with Gasteiger partial charge in [0.15, 0.2) is 0 Å². The summed E-state index contributed by atoms with van der Waals surface area (Å²) in [6.07, 6.45) is -1.54. The normalized spacial score (nSPS) is 13.4. The highest BCUT2D eigenvalue weighted by Crippen LogP contribution is 2.22. The maximum absolute atomic E-state index is 12.3. The molecule has 0 spiro atoms. The maximum atomic E-state index is 12.3. The molecule has 2 amide bonds. The fourth-order valence-electron chi connectivity index (χ4n) is 2.62. The van der Waals surface area contributed by atoms with E-state index in [1.54, 1.807) is 29.8 Å². The van der Waals surface area contributed by atoms with Crippen molar-refractivity contribution >= 4 is 17.6 Å². The first-order valence-electron chi connectivity index (χ1n) is 8.11. The number of amides is 2. The number of hydrogen-bond donors (Lipinski definition) is 2. The van der Waals surface area contributed by atoms with Crippen molar-refractivity contribution in [2.24, 2.45) is 0 Å². The zero-order valence-electron chi connectivity index (χ0n) is 14.1. The van der Waals surface area contributed by atoms with Gasteiger partial charge in [-0.05, 0) is 23.8 Å². The van der Waals surface area contributed by atoms with Crippen molar-refractivity contribution in [2.75, 3.05) is 18.4 Å². The minimum absolute atomic E-state index is 0.0323. The Morgan fingerprint density at radius 1 is 1.26 bits per heavy atom. The fourth-order valence-corrected chi connectivity index (χ4v) is 2.62. The van der Waals surface area contributed by atoms with E-state index in [0.29, 0.717) is 23.6 Å². The second-order valence-corrected chi connectivity index (χ2v) is 5.89. The van der Waals surface area contributed by atoms with Crippen LogP contribution < -0.4 is 10.6 Å². The second kappa shape index (κ2) is 7.60. The van der Waals surface area contributed by atoms with Crippen molar-refractivity contribution < 1.29 is 22.8 Å². The number of nitrogens with one attached hydrogen (secondary N) is 2. The summed E-state index contributed by atoms with van der Waals surface area (Å²) in [6.45, 7) is 0.374. The smallest absolute Gasteiger partial charge is 0.366 e. The molecule has 7 nitrogen and oxygen atoms in total. The van der Waals surface area contributed by atoms with Gasteiger partial charge in [-0.25, -0.2) is 4.98 Å². The lowest BCUT2D eigenvalue weighted by atomic mass is 10.2. The molecule has 0 radical (unpaired) electrons. The third-order valence-corrected chi connectivity index (χ3v) is 3.95. The van der Waals surface area contributed by atoms with Gasteiger partial charge in [-0.15, -0.1) is 0 Å². The van der Waals surface area contributed by atoms with Crippen molar-refractivity contribution in [3.8, 4) is 0 Å². The van der Waals surface area contributed by atoms with Gasteiger partial charge in [-0.2, -0.15) is 13.2 Å². The Hall–Kier alpha value is -3.17. The number of carbonyl (C=O) groups excluding carboxylic acids is 2. The van der Waals surface area contributed by atoms with Gasteiger partial charge in [-0.3, -0.25) is 14.6 Å². The number of nitrogens with zero attached hydrogens (tertiary/aromatic N) is 3. The molecular formula is C17H16F3N5O2. The minimum atomic E-state index is -4.94. The number of pyridine rings is 2. The highest BCUT2D eigenvalue weighted by atomic mass is 19.4. The van der Waals surface area contributed by atoms with Crippen LogP contribution in [-0.4, -0.2) is 45.9 Å². The Balaban J connectivity index is 1.56. The van der Waals surface area contributed by atoms with E-state index in [9.17, 15) is 22.8 Å². The molecule has 1 aliphatic heterocycles. The molecule has 0 saturated carbocycles. The van der Waals surface area contributed by atoms with Crippen molar-refractivity contribution in [3.05, 3.63) is 53.5 Å². The van der Waals surface area contributed by atoms with Gasteiger partial charge in [0.25, 0.3) is 5.91 Å². The first kappa shape index (κ1) is 18.6. The number of anilines is 1. The third-order valence-electron chi connectivity index (χ3n) is 3.95. The van der Waals surface area contributed by atoms with E-state index in [1.165, 1.54) is 4.90 Å². The average molecular weight is 379 g/mol. The molecule has 3 heterocycles. The molecule has 1 aliphatic rings. The van der Waals surface area contributed by atoms with E-state index >= 15 is 0 Å². The zero-order valence-corrected chi connectivity index (χ0v) is 14.1. The molecule has 0 unspecified atom stereocenters. The van der Waals surface area contributed by atoms with Gasteiger partial charge in [0.2, 0.25) is 0 Å². The molecule has 0 atom stereocenters. The number of aromatic nitrogens is 2. The van der Waals surface area contributed by atoms with E-state index in [0.717, 1.165) is 5.56 Å². The maximum Gasteiger partial charge on any atom is 0.471 e. The third kappa shape index (κ3) is 4.52. The number of rotatable bonds is 6. The van der Waals surface area contributed by atoms with Crippen molar-refractivity contribution in [2.45, 2.75) is 19.3 Å². The molecule has 10 heteroatoms. The molecule has 142 valence electrons. The largest absolute Gasteiger partial charge is 0.471 e. The Morgan fingerprint density at radius 2 is 2.07 bits per heavy atom. The highest BCUT2D eigenvalue weighted by molar-refractivity contribution is 5.98. The quantitative estimate of drug-likeness (QED) is 0.798. The number of fused-ring (bicyclic) bond motifs is 1. The molecule has 0 saturated heterocycles. The topological polar surface area (TPSA) is 87.2 Å². The van der Waals surface area contributed by atoms with Gasteiger partial charge in [0.05, 0.1) is 17.8 Å². The lowest BCUT2D eigenvalue weighted by Gasteiger charge is -2.16. The van der Waals surface area contributed by atoms with Crippen LogP contribution in [0.1, 0.15) is 21.6 Å². The molecule has 27 heavy (non-hydrogen) atoms. The molecule has 0 bridgehead atoms. The van der Waals surface area contributed by atoms with Gasteiger partial charge in [0.1, 0.15) is 5.82 Å². The lowest BCUT2D eigenvalue weighted by Crippen LogP contribution is -2.41. The minimum Gasteiger partial charge on any atom is -0.366 e. The van der Waals surface area contributed by atoms with E-state index in [-0.39, 0.29) is 25.5 Å². The van der Waals surface area contributed by atoms with Gasteiger partial charge < -0.3 is 15.5 Å². The summed E-state index contributed by atoms with van der Waals surface area (Å²) < 4.78 is 36.5. The Morgan fingerprint density at radius 3 is 2.78 bits per heavy atom. The van der Waals surface area contributed by atoms with Gasteiger partial charge in [0, 0.05) is 32.0 Å². The molecule has 2 aromatic rings. The van der Waals surface area contributed by atoms with Crippen molar-refractivity contribution in [1.82, 2.24) is 20.2 Å². The van der Waals surface area contributed by atoms with Crippen LogP contribution in [0.2, 0.25) is 0 Å². The Labute approximate surface area is 152 Å². The monoisotopic (exact) mass is 379 g/mol. The number of alkyl halides is 3.